The maximum atomic E-state index is 5.06. The fourth-order valence-corrected chi connectivity index (χ4v) is 0.118. The second-order valence-electron chi connectivity index (χ2n) is 0.931. The van der Waals surface area contributed by atoms with E-state index in [1.807, 2.05) is 0 Å². The van der Waals surface area contributed by atoms with Gasteiger partial charge in [-0.15, -0.1) is 0 Å². The minimum Gasteiger partial charge on any atom is -0.330 e. The number of rotatable bonds is 2. The molecule has 0 aromatic carbocycles. The van der Waals surface area contributed by atoms with E-state index < -0.39 is 0 Å². The third-order valence-corrected chi connectivity index (χ3v) is 0.408. The van der Waals surface area contributed by atoms with Crippen molar-refractivity contribution in [1.29, 1.82) is 0 Å². The van der Waals surface area contributed by atoms with E-state index in [0.717, 1.165) is 19.5 Å². The molecule has 0 aromatic heterocycles. The summed E-state index contributed by atoms with van der Waals surface area (Å²) in [6.07, 6.45) is 0.944. The Bertz CT molecular complexity index is 16.3. The first-order chi connectivity index (χ1) is 2.41. The van der Waals surface area contributed by atoms with Crippen molar-refractivity contribution >= 4 is 0 Å². The molecule has 0 saturated carbocycles. The van der Waals surface area contributed by atoms with E-state index in [1.165, 1.54) is 0 Å². The van der Waals surface area contributed by atoms with Crippen molar-refractivity contribution in [3.05, 3.63) is 0 Å². The summed E-state index contributed by atoms with van der Waals surface area (Å²) in [5, 5.41) is 0. The number of nitrogens with two attached hydrogens (primary N) is 2. The van der Waals surface area contributed by atoms with Gasteiger partial charge in [-0.05, 0) is 19.5 Å². The molecule has 0 aliphatic heterocycles. The molecule has 0 amide bonds. The third-order valence-electron chi connectivity index (χ3n) is 0.408. The first-order valence-electron chi connectivity index (χ1n) is 1.82. The molecule has 0 aliphatic rings. The quantitative estimate of drug-likeness (QED) is 0.485. The van der Waals surface area contributed by atoms with E-state index in [4.69, 9.17) is 11.5 Å². The van der Waals surface area contributed by atoms with Crippen LogP contribution in [0.1, 0.15) is 6.42 Å². The molecule has 0 fully saturated rings. The average Bonchev–Trinajstić information content (AvgIpc) is 1.41. The fraction of sp³-hybridized carbons (Fsp3) is 1.00. The van der Waals surface area contributed by atoms with Gasteiger partial charge in [0.2, 0.25) is 0 Å². The molecule has 4 N–H and O–H groups in total. The van der Waals surface area contributed by atoms with Crippen LogP contribution in [0.5, 0.6) is 0 Å². The van der Waals surface area contributed by atoms with E-state index in [9.17, 15) is 0 Å². The molecule has 0 aliphatic carbocycles. The zero-order chi connectivity index (χ0) is 4.12. The van der Waals surface area contributed by atoms with Gasteiger partial charge in [0.15, 0.2) is 0 Å². The van der Waals surface area contributed by atoms with E-state index in [2.05, 4.69) is 0 Å². The monoisotopic (exact) mass is 130 g/mol. The van der Waals surface area contributed by atoms with Gasteiger partial charge in [-0.25, -0.2) is 0 Å². The van der Waals surface area contributed by atoms with Gasteiger partial charge >= 0.3 is 0 Å². The molecule has 0 atom stereocenters. The molecule has 2 nitrogen and oxygen atoms in total. The molecular formula is C3H10FeN2. The van der Waals surface area contributed by atoms with Crippen LogP contribution in [-0.4, -0.2) is 13.1 Å². The Hall–Kier alpha value is 0.439. The molecule has 0 heterocycles. The van der Waals surface area contributed by atoms with Crippen molar-refractivity contribution < 1.29 is 17.1 Å². The fourth-order valence-electron chi connectivity index (χ4n) is 0.118. The first-order valence-corrected chi connectivity index (χ1v) is 1.82. The number of hydrogen-bond donors (Lipinski definition) is 2. The molecule has 0 bridgehead atoms. The molecule has 0 rings (SSSR count). The summed E-state index contributed by atoms with van der Waals surface area (Å²) < 4.78 is 0. The minimum atomic E-state index is 0. The van der Waals surface area contributed by atoms with Gasteiger partial charge in [0.05, 0.1) is 0 Å². The summed E-state index contributed by atoms with van der Waals surface area (Å²) in [7, 11) is 0. The largest absolute Gasteiger partial charge is 0.330 e. The second kappa shape index (κ2) is 9.06. The van der Waals surface area contributed by atoms with Gasteiger partial charge in [0, 0.05) is 17.1 Å². The Kier molecular flexibility index (Phi) is 14.6. The summed E-state index contributed by atoms with van der Waals surface area (Å²) in [5.74, 6) is 0. The van der Waals surface area contributed by atoms with E-state index >= 15 is 0 Å². The van der Waals surface area contributed by atoms with E-state index in [-0.39, 0.29) is 17.1 Å². The van der Waals surface area contributed by atoms with Crippen molar-refractivity contribution in [3.8, 4) is 0 Å². The predicted molar refractivity (Wildman–Crippen MR) is 22.7 cm³/mol. The van der Waals surface area contributed by atoms with Crippen molar-refractivity contribution in [2.24, 2.45) is 11.5 Å². The summed E-state index contributed by atoms with van der Waals surface area (Å²) in [6, 6.07) is 0. The number of hydrogen-bond acceptors (Lipinski definition) is 2. The molecule has 0 radical (unpaired) electrons. The summed E-state index contributed by atoms with van der Waals surface area (Å²) >= 11 is 0. The summed E-state index contributed by atoms with van der Waals surface area (Å²) in [4.78, 5) is 0. The van der Waals surface area contributed by atoms with Crippen LogP contribution in [0.25, 0.3) is 0 Å². The van der Waals surface area contributed by atoms with Crippen LogP contribution in [-0.2, 0) is 17.1 Å². The van der Waals surface area contributed by atoms with E-state index in [0.29, 0.717) is 0 Å². The minimum absolute atomic E-state index is 0. The van der Waals surface area contributed by atoms with Gasteiger partial charge in [-0.3, -0.25) is 0 Å². The van der Waals surface area contributed by atoms with Crippen LogP contribution in [0, 0.1) is 0 Å². The van der Waals surface area contributed by atoms with Crippen LogP contribution in [0.4, 0.5) is 0 Å². The van der Waals surface area contributed by atoms with E-state index in [1.54, 1.807) is 0 Å². The molecule has 6 heavy (non-hydrogen) atoms. The standard InChI is InChI=1S/C3H10N2.Fe/c4-2-1-3-5;/h1-5H2;. The summed E-state index contributed by atoms with van der Waals surface area (Å²) in [6.45, 7) is 1.44. The van der Waals surface area contributed by atoms with Gasteiger partial charge in [0.25, 0.3) is 0 Å². The van der Waals surface area contributed by atoms with Gasteiger partial charge < -0.3 is 11.5 Å². The zero-order valence-electron chi connectivity index (χ0n) is 3.63. The molecule has 0 unspecified atom stereocenters. The van der Waals surface area contributed by atoms with Crippen LogP contribution < -0.4 is 11.5 Å². The maximum Gasteiger partial charge on any atom is 0 e. The second-order valence-corrected chi connectivity index (χ2v) is 0.931. The Morgan fingerprint density at radius 2 is 1.33 bits per heavy atom. The van der Waals surface area contributed by atoms with Crippen LogP contribution in [0.2, 0.25) is 0 Å². The van der Waals surface area contributed by atoms with Crippen molar-refractivity contribution in [3.63, 3.8) is 0 Å². The SMILES string of the molecule is NCCCN.[Fe]. The smallest absolute Gasteiger partial charge is 0 e. The van der Waals surface area contributed by atoms with Crippen LogP contribution >= 0.6 is 0 Å². The Morgan fingerprint density at radius 1 is 1.00 bits per heavy atom. The average molecular weight is 130 g/mol. The molecule has 0 saturated heterocycles. The summed E-state index contributed by atoms with van der Waals surface area (Å²) in [5.41, 5.74) is 10.1. The molecule has 0 spiro atoms. The van der Waals surface area contributed by atoms with Crippen LogP contribution in [0.15, 0.2) is 0 Å². The maximum absolute atomic E-state index is 5.06. The van der Waals surface area contributed by atoms with Crippen molar-refractivity contribution in [2.45, 2.75) is 6.42 Å². The van der Waals surface area contributed by atoms with Gasteiger partial charge in [-0.1, -0.05) is 0 Å². The third kappa shape index (κ3) is 8.83. The topological polar surface area (TPSA) is 52.0 Å². The predicted octanol–water partition coefficient (Wildman–Crippen LogP) is -0.709. The molecule has 0 aromatic rings. The Labute approximate surface area is 48.7 Å². The Balaban J connectivity index is 0. The zero-order valence-corrected chi connectivity index (χ0v) is 4.73. The van der Waals surface area contributed by atoms with Crippen molar-refractivity contribution in [1.82, 2.24) is 0 Å². The Morgan fingerprint density at radius 3 is 1.33 bits per heavy atom. The first kappa shape index (κ1) is 9.67. The van der Waals surface area contributed by atoms with Gasteiger partial charge in [-0.2, -0.15) is 0 Å². The van der Waals surface area contributed by atoms with Crippen LogP contribution in [0.3, 0.4) is 0 Å². The van der Waals surface area contributed by atoms with Crippen molar-refractivity contribution in [2.75, 3.05) is 13.1 Å². The molecule has 3 heteroatoms. The normalized spacial score (nSPS) is 7.00. The molecule has 40 valence electrons. The molecular weight excluding hydrogens is 120 g/mol. The van der Waals surface area contributed by atoms with Gasteiger partial charge in [0.1, 0.15) is 0 Å².